The average molecular weight is 239 g/mol. The Morgan fingerprint density at radius 1 is 1.50 bits per heavy atom. The predicted octanol–water partition coefficient (Wildman–Crippen LogP) is 1.32. The molecule has 2 aromatic rings. The van der Waals surface area contributed by atoms with Crippen molar-refractivity contribution >= 4 is 17.6 Å². The van der Waals surface area contributed by atoms with E-state index in [1.54, 1.807) is 13.1 Å². The Kier molecular flexibility index (Phi) is 2.57. The van der Waals surface area contributed by atoms with Crippen molar-refractivity contribution in [1.29, 1.82) is 0 Å². The molecule has 0 atom stereocenters. The van der Waals surface area contributed by atoms with Crippen LogP contribution in [-0.2, 0) is 0 Å². The molecular weight excluding hydrogens is 232 g/mol. The van der Waals surface area contributed by atoms with Gasteiger partial charge in [-0.25, -0.2) is 14.5 Å². The van der Waals surface area contributed by atoms with E-state index in [1.807, 2.05) is 0 Å². The molecule has 0 saturated heterocycles. The Morgan fingerprint density at radius 2 is 2.25 bits per heavy atom. The summed E-state index contributed by atoms with van der Waals surface area (Å²) in [5, 5.41) is 13.3. The highest BCUT2D eigenvalue weighted by Crippen LogP contribution is 2.14. The highest BCUT2D eigenvalue weighted by Gasteiger charge is 2.09. The summed E-state index contributed by atoms with van der Waals surface area (Å²) in [4.78, 5) is 18.3. The maximum atomic E-state index is 10.7. The second-order valence-corrected chi connectivity index (χ2v) is 3.48. The van der Waals surface area contributed by atoms with Gasteiger partial charge in [0, 0.05) is 0 Å². The Bertz CT molecular complexity index is 533. The molecule has 16 heavy (non-hydrogen) atoms. The molecule has 0 radical (unpaired) electrons. The number of carboxylic acid groups (broad SMARTS) is 1. The molecule has 0 fully saturated rings. The molecule has 0 spiro atoms. The van der Waals surface area contributed by atoms with Gasteiger partial charge in [-0.1, -0.05) is 11.6 Å². The van der Waals surface area contributed by atoms with Gasteiger partial charge in [0.1, 0.15) is 0 Å². The van der Waals surface area contributed by atoms with E-state index in [9.17, 15) is 4.79 Å². The molecule has 6 nitrogen and oxygen atoms in total. The van der Waals surface area contributed by atoms with E-state index in [2.05, 4.69) is 15.1 Å². The van der Waals surface area contributed by atoms with Gasteiger partial charge < -0.3 is 5.11 Å². The van der Waals surface area contributed by atoms with Crippen LogP contribution in [0.1, 0.15) is 16.2 Å². The largest absolute Gasteiger partial charge is 0.476 e. The lowest BCUT2D eigenvalue weighted by atomic mass is 10.4. The van der Waals surface area contributed by atoms with Crippen LogP contribution in [0.4, 0.5) is 0 Å². The van der Waals surface area contributed by atoms with Gasteiger partial charge in [-0.05, 0) is 6.92 Å². The quantitative estimate of drug-likeness (QED) is 0.853. The standard InChI is InChI=1S/C9H7ClN4O2/c1-5-6(10)4-14(13-5)8-3-11-2-7(12-8)9(15)16/h2-4H,1H3,(H,15,16). The third kappa shape index (κ3) is 1.87. The minimum Gasteiger partial charge on any atom is -0.476 e. The fourth-order valence-corrected chi connectivity index (χ4v) is 1.26. The smallest absolute Gasteiger partial charge is 0.356 e. The number of hydrogen-bond donors (Lipinski definition) is 1. The van der Waals surface area contributed by atoms with Crippen molar-refractivity contribution in [3.8, 4) is 5.82 Å². The SMILES string of the molecule is Cc1nn(-c2cncc(C(=O)O)n2)cc1Cl. The number of aromatic carboxylic acids is 1. The first-order chi connectivity index (χ1) is 7.58. The maximum absolute atomic E-state index is 10.7. The number of halogens is 1. The third-order valence-electron chi connectivity index (χ3n) is 1.91. The number of aromatic nitrogens is 4. The van der Waals surface area contributed by atoms with Crippen LogP contribution in [-0.4, -0.2) is 30.8 Å². The summed E-state index contributed by atoms with van der Waals surface area (Å²) in [5.41, 5.74) is 0.506. The van der Waals surface area contributed by atoms with Gasteiger partial charge in [0.15, 0.2) is 11.5 Å². The minimum absolute atomic E-state index is 0.137. The molecule has 0 aliphatic carbocycles. The third-order valence-corrected chi connectivity index (χ3v) is 2.29. The highest BCUT2D eigenvalue weighted by molar-refractivity contribution is 6.31. The Hall–Kier alpha value is -1.95. The number of nitrogens with zero attached hydrogens (tertiary/aromatic N) is 4. The summed E-state index contributed by atoms with van der Waals surface area (Å²) in [6.07, 6.45) is 4.13. The minimum atomic E-state index is -1.13. The first kappa shape index (κ1) is 10.6. The molecular formula is C9H7ClN4O2. The van der Waals surface area contributed by atoms with Crippen molar-refractivity contribution in [2.45, 2.75) is 6.92 Å². The van der Waals surface area contributed by atoms with Crippen LogP contribution in [0.5, 0.6) is 0 Å². The number of aryl methyl sites for hydroxylation is 1. The monoisotopic (exact) mass is 238 g/mol. The number of carbonyl (C=O) groups is 1. The van der Waals surface area contributed by atoms with Crippen LogP contribution in [0.2, 0.25) is 5.02 Å². The summed E-state index contributed by atoms with van der Waals surface area (Å²) in [6.45, 7) is 1.74. The number of hydrogen-bond acceptors (Lipinski definition) is 4. The lowest BCUT2D eigenvalue weighted by Gasteiger charge is -1.99. The zero-order chi connectivity index (χ0) is 11.7. The van der Waals surface area contributed by atoms with Crippen molar-refractivity contribution in [2.24, 2.45) is 0 Å². The van der Waals surface area contributed by atoms with Crippen molar-refractivity contribution in [3.05, 3.63) is 35.0 Å². The van der Waals surface area contributed by atoms with E-state index in [0.29, 0.717) is 16.5 Å². The lowest BCUT2D eigenvalue weighted by molar-refractivity contribution is 0.0690. The van der Waals surface area contributed by atoms with Crippen molar-refractivity contribution in [2.75, 3.05) is 0 Å². The summed E-state index contributed by atoms with van der Waals surface area (Å²) in [5.74, 6) is -0.820. The fraction of sp³-hybridized carbons (Fsp3) is 0.111. The number of carboxylic acids is 1. The van der Waals surface area contributed by atoms with E-state index < -0.39 is 5.97 Å². The Balaban J connectivity index is 2.48. The number of rotatable bonds is 2. The average Bonchev–Trinajstić information content (AvgIpc) is 2.59. The van der Waals surface area contributed by atoms with Crippen LogP contribution in [0.25, 0.3) is 5.82 Å². The van der Waals surface area contributed by atoms with Crippen molar-refractivity contribution < 1.29 is 9.90 Å². The zero-order valence-corrected chi connectivity index (χ0v) is 9.01. The van der Waals surface area contributed by atoms with Gasteiger partial charge in [-0.3, -0.25) is 4.98 Å². The van der Waals surface area contributed by atoms with Gasteiger partial charge in [-0.15, -0.1) is 0 Å². The molecule has 2 rings (SSSR count). The second kappa shape index (κ2) is 3.90. The normalized spacial score (nSPS) is 10.4. The summed E-state index contributed by atoms with van der Waals surface area (Å²) in [7, 11) is 0. The molecule has 0 bridgehead atoms. The molecule has 0 saturated carbocycles. The zero-order valence-electron chi connectivity index (χ0n) is 8.25. The van der Waals surface area contributed by atoms with E-state index in [0.717, 1.165) is 0 Å². The van der Waals surface area contributed by atoms with E-state index in [-0.39, 0.29) is 5.69 Å². The lowest BCUT2D eigenvalue weighted by Crippen LogP contribution is -2.06. The summed E-state index contributed by atoms with van der Waals surface area (Å²) < 4.78 is 1.39. The maximum Gasteiger partial charge on any atom is 0.356 e. The molecule has 0 amide bonds. The Morgan fingerprint density at radius 3 is 2.81 bits per heavy atom. The van der Waals surface area contributed by atoms with Crippen molar-refractivity contribution in [1.82, 2.24) is 19.7 Å². The fourth-order valence-electron chi connectivity index (χ4n) is 1.13. The van der Waals surface area contributed by atoms with Crippen LogP contribution >= 0.6 is 11.6 Å². The molecule has 82 valence electrons. The first-order valence-electron chi connectivity index (χ1n) is 4.35. The topological polar surface area (TPSA) is 80.9 Å². The van der Waals surface area contributed by atoms with Crippen molar-refractivity contribution in [3.63, 3.8) is 0 Å². The van der Waals surface area contributed by atoms with Crippen LogP contribution < -0.4 is 0 Å². The van der Waals surface area contributed by atoms with Crippen LogP contribution in [0.3, 0.4) is 0 Å². The molecule has 1 N–H and O–H groups in total. The van der Waals surface area contributed by atoms with E-state index in [1.165, 1.54) is 17.1 Å². The van der Waals surface area contributed by atoms with E-state index >= 15 is 0 Å². The molecule has 7 heteroatoms. The van der Waals surface area contributed by atoms with Crippen LogP contribution in [0, 0.1) is 6.92 Å². The molecule has 0 aromatic carbocycles. The van der Waals surface area contributed by atoms with Gasteiger partial charge in [0.2, 0.25) is 0 Å². The van der Waals surface area contributed by atoms with Gasteiger partial charge in [0.05, 0.1) is 29.3 Å². The molecule has 0 aliphatic rings. The summed E-state index contributed by atoms with van der Waals surface area (Å²) >= 11 is 5.83. The highest BCUT2D eigenvalue weighted by atomic mass is 35.5. The Labute approximate surface area is 95.5 Å². The molecule has 0 aliphatic heterocycles. The second-order valence-electron chi connectivity index (χ2n) is 3.07. The van der Waals surface area contributed by atoms with E-state index in [4.69, 9.17) is 16.7 Å². The van der Waals surface area contributed by atoms with Gasteiger partial charge >= 0.3 is 5.97 Å². The van der Waals surface area contributed by atoms with Gasteiger partial charge in [0.25, 0.3) is 0 Å². The molecule has 2 heterocycles. The summed E-state index contributed by atoms with van der Waals surface area (Å²) in [6, 6.07) is 0. The van der Waals surface area contributed by atoms with Crippen LogP contribution in [0.15, 0.2) is 18.6 Å². The first-order valence-corrected chi connectivity index (χ1v) is 4.73. The van der Waals surface area contributed by atoms with Gasteiger partial charge in [-0.2, -0.15) is 5.10 Å². The predicted molar refractivity (Wildman–Crippen MR) is 55.9 cm³/mol. The molecule has 0 unspecified atom stereocenters. The molecule has 2 aromatic heterocycles.